The van der Waals surface area contributed by atoms with E-state index in [1.807, 2.05) is 41.8 Å². The summed E-state index contributed by atoms with van der Waals surface area (Å²) in [6, 6.07) is 13.1. The Morgan fingerprint density at radius 3 is 2.60 bits per heavy atom. The summed E-state index contributed by atoms with van der Waals surface area (Å²) in [5.74, 6) is -1.27. The molecule has 0 atom stereocenters. The van der Waals surface area contributed by atoms with E-state index >= 15 is 0 Å². The van der Waals surface area contributed by atoms with Gasteiger partial charge in [0.1, 0.15) is 0 Å². The number of carbonyl (C=O) groups excluding carboxylic acids is 2. The molecule has 1 aromatic carbocycles. The zero-order valence-corrected chi connectivity index (χ0v) is 20.1. The predicted molar refractivity (Wildman–Crippen MR) is 134 cm³/mol. The van der Waals surface area contributed by atoms with Gasteiger partial charge in [0, 0.05) is 42.3 Å². The molecule has 0 aliphatic heterocycles. The normalized spacial score (nSPS) is 11.2. The number of anilines is 1. The van der Waals surface area contributed by atoms with E-state index < -0.39 is 21.8 Å². The second kappa shape index (κ2) is 10.6. The first kappa shape index (κ1) is 24.3. The van der Waals surface area contributed by atoms with E-state index in [0.29, 0.717) is 10.8 Å². The molecule has 35 heavy (non-hydrogen) atoms. The smallest absolute Gasteiger partial charge is 0.253 e. The molecule has 0 bridgehead atoms. The maximum atomic E-state index is 12.3. The van der Waals surface area contributed by atoms with Crippen LogP contribution in [0.4, 0.5) is 5.13 Å². The summed E-state index contributed by atoms with van der Waals surface area (Å²) in [6.07, 6.45) is 5.92. The van der Waals surface area contributed by atoms with Crippen molar-refractivity contribution < 1.29 is 18.0 Å². The molecule has 10 nitrogen and oxygen atoms in total. The molecule has 4 rings (SSSR count). The predicted octanol–water partition coefficient (Wildman–Crippen LogP) is 2.18. The molecule has 0 unspecified atom stereocenters. The lowest BCUT2D eigenvalue weighted by Crippen LogP contribution is -2.32. The van der Waals surface area contributed by atoms with Gasteiger partial charge in [0.15, 0.2) is 5.13 Å². The van der Waals surface area contributed by atoms with E-state index in [1.165, 1.54) is 29.8 Å². The number of hydrogen-bond donors (Lipinski definition) is 3. The van der Waals surface area contributed by atoms with Crippen molar-refractivity contribution in [3.8, 4) is 22.4 Å². The van der Waals surface area contributed by atoms with Crippen molar-refractivity contribution in [3.05, 3.63) is 78.2 Å². The number of aromatic nitrogens is 3. The molecule has 12 heteroatoms. The van der Waals surface area contributed by atoms with E-state index in [4.69, 9.17) is 5.73 Å². The van der Waals surface area contributed by atoms with E-state index in [-0.39, 0.29) is 24.4 Å². The van der Waals surface area contributed by atoms with Gasteiger partial charge < -0.3 is 16.4 Å². The van der Waals surface area contributed by atoms with Crippen LogP contribution in [-0.2, 0) is 14.8 Å². The average Bonchev–Trinajstić information content (AvgIpc) is 3.54. The Bertz CT molecular complexity index is 1450. The zero-order chi connectivity index (χ0) is 24.8. The van der Waals surface area contributed by atoms with Crippen molar-refractivity contribution in [2.45, 2.75) is 0 Å². The van der Waals surface area contributed by atoms with E-state index in [9.17, 15) is 18.0 Å². The van der Waals surface area contributed by atoms with Gasteiger partial charge in [-0.1, -0.05) is 18.2 Å². The number of rotatable bonds is 9. The first-order valence-corrected chi connectivity index (χ1v) is 13.0. The van der Waals surface area contributed by atoms with Gasteiger partial charge in [-0.2, -0.15) is 0 Å². The highest BCUT2D eigenvalue weighted by atomic mass is 32.2. The molecule has 2 amide bonds. The van der Waals surface area contributed by atoms with Crippen LogP contribution in [0.3, 0.4) is 0 Å². The van der Waals surface area contributed by atoms with Gasteiger partial charge >= 0.3 is 0 Å². The average molecular weight is 511 g/mol. The lowest BCUT2D eigenvalue weighted by Gasteiger charge is -2.05. The topological polar surface area (TPSA) is 149 Å². The minimum absolute atomic E-state index is 0.0309. The number of nitrogens with zero attached hydrogens (tertiary/aromatic N) is 3. The highest BCUT2D eigenvalue weighted by molar-refractivity contribution is 7.89. The molecule has 0 aliphatic rings. The monoisotopic (exact) mass is 510 g/mol. The van der Waals surface area contributed by atoms with Gasteiger partial charge in [-0.3, -0.25) is 18.5 Å². The molecule has 180 valence electrons. The fraction of sp³-hybridized carbons (Fsp3) is 0.130. The lowest BCUT2D eigenvalue weighted by molar-refractivity contribution is -0.115. The lowest BCUT2D eigenvalue weighted by atomic mass is 10.0. The maximum absolute atomic E-state index is 12.3. The maximum Gasteiger partial charge on any atom is 0.253 e. The zero-order valence-electron chi connectivity index (χ0n) is 18.4. The van der Waals surface area contributed by atoms with Gasteiger partial charge in [-0.25, -0.2) is 13.4 Å². The van der Waals surface area contributed by atoms with Crippen molar-refractivity contribution in [2.24, 2.45) is 5.73 Å². The van der Waals surface area contributed by atoms with Crippen LogP contribution in [0.5, 0.6) is 0 Å². The molecule has 0 saturated carbocycles. The number of pyridine rings is 1. The third kappa shape index (κ3) is 5.98. The molecule has 4 N–H and O–H groups in total. The van der Waals surface area contributed by atoms with Gasteiger partial charge in [0.25, 0.3) is 5.91 Å². The summed E-state index contributed by atoms with van der Waals surface area (Å²) < 4.78 is 25.0. The second-order valence-electron chi connectivity index (χ2n) is 7.42. The second-order valence-corrected chi connectivity index (χ2v) is 10.3. The Morgan fingerprint density at radius 2 is 1.83 bits per heavy atom. The van der Waals surface area contributed by atoms with Crippen LogP contribution in [0.15, 0.2) is 72.6 Å². The number of hydrogen-bond acceptors (Lipinski definition) is 8. The van der Waals surface area contributed by atoms with Gasteiger partial charge in [-0.05, 0) is 35.4 Å². The van der Waals surface area contributed by atoms with Crippen LogP contribution < -0.4 is 16.4 Å². The Morgan fingerprint density at radius 1 is 1.06 bits per heavy atom. The number of benzene rings is 1. The molecule has 0 fully saturated rings. The summed E-state index contributed by atoms with van der Waals surface area (Å²) in [6.45, 7) is -0.330. The van der Waals surface area contributed by atoms with Crippen molar-refractivity contribution >= 4 is 38.3 Å². The van der Waals surface area contributed by atoms with E-state index in [0.717, 1.165) is 20.7 Å². The Labute approximate surface area is 205 Å². The van der Waals surface area contributed by atoms with Crippen molar-refractivity contribution in [1.29, 1.82) is 0 Å². The molecule has 3 aromatic heterocycles. The van der Waals surface area contributed by atoms with Gasteiger partial charge in [-0.15, -0.1) is 11.3 Å². The summed E-state index contributed by atoms with van der Waals surface area (Å²) in [5, 5.41) is 7.36. The molecular formula is C23H22N6O4S2. The first-order valence-electron chi connectivity index (χ1n) is 10.5. The largest absolute Gasteiger partial charge is 0.343 e. The minimum Gasteiger partial charge on any atom is -0.343 e. The number of nitrogens with one attached hydrogen (secondary N) is 2. The molecule has 3 heterocycles. The van der Waals surface area contributed by atoms with Crippen LogP contribution in [0.1, 0.15) is 10.4 Å². The molecule has 0 aliphatic carbocycles. The Hall–Kier alpha value is -3.87. The number of amides is 2. The highest BCUT2D eigenvalue weighted by Crippen LogP contribution is 2.28. The fourth-order valence-corrected chi connectivity index (χ4v) is 5.00. The van der Waals surface area contributed by atoms with Gasteiger partial charge in [0.2, 0.25) is 15.9 Å². The van der Waals surface area contributed by atoms with Gasteiger partial charge in [0.05, 0.1) is 23.6 Å². The summed E-state index contributed by atoms with van der Waals surface area (Å²) in [7, 11) is -3.61. The summed E-state index contributed by atoms with van der Waals surface area (Å²) >= 11 is 1.27. The first-order chi connectivity index (χ1) is 16.9. The van der Waals surface area contributed by atoms with Crippen LogP contribution >= 0.6 is 11.3 Å². The molecular weight excluding hydrogens is 488 g/mol. The third-order valence-corrected chi connectivity index (χ3v) is 7.34. The standard InChI is InChI=1S/C23H22N6O4S2/c24-7-11-35(32,33)29-10-6-19(14-29)22(31)26-13-21(30)28-23-27-20(15-34-23)18-3-1-2-17(12-18)16-4-8-25-9-5-16/h1-6,8-10,12,14-15H,7,11,13,24H2,(H,26,31)(H,27,28,30). The third-order valence-electron chi connectivity index (χ3n) is 4.96. The molecule has 0 spiro atoms. The molecule has 4 aromatic rings. The highest BCUT2D eigenvalue weighted by Gasteiger charge is 2.16. The van der Waals surface area contributed by atoms with Crippen LogP contribution in [0, 0.1) is 0 Å². The SMILES string of the molecule is NCCS(=O)(=O)n1ccc(C(=O)NCC(=O)Nc2nc(-c3cccc(-c4ccncc4)c3)cs2)c1. The van der Waals surface area contributed by atoms with Crippen LogP contribution in [0.2, 0.25) is 0 Å². The number of nitrogens with two attached hydrogens (primary N) is 1. The molecule has 0 radical (unpaired) electrons. The van der Waals surface area contributed by atoms with Crippen LogP contribution in [0.25, 0.3) is 22.4 Å². The Balaban J connectivity index is 1.35. The summed E-state index contributed by atoms with van der Waals surface area (Å²) in [4.78, 5) is 33.1. The molecule has 0 saturated heterocycles. The van der Waals surface area contributed by atoms with Crippen molar-refractivity contribution in [1.82, 2.24) is 19.3 Å². The fourth-order valence-electron chi connectivity index (χ4n) is 3.23. The number of thiazole rings is 1. The van der Waals surface area contributed by atoms with Crippen LogP contribution in [-0.4, -0.2) is 53.0 Å². The van der Waals surface area contributed by atoms with Crippen molar-refractivity contribution in [3.63, 3.8) is 0 Å². The van der Waals surface area contributed by atoms with Crippen molar-refractivity contribution in [2.75, 3.05) is 24.2 Å². The van der Waals surface area contributed by atoms with E-state index in [1.54, 1.807) is 12.4 Å². The summed E-state index contributed by atoms with van der Waals surface area (Å²) in [5.41, 5.74) is 9.09. The quantitative estimate of drug-likeness (QED) is 0.312. The Kier molecular flexibility index (Phi) is 7.34. The number of carbonyl (C=O) groups is 2. The minimum atomic E-state index is -3.61. The van der Waals surface area contributed by atoms with E-state index in [2.05, 4.69) is 20.6 Å².